The molecule has 0 radical (unpaired) electrons. The van der Waals surface area contributed by atoms with Crippen molar-refractivity contribution in [3.05, 3.63) is 58.1 Å². The maximum Gasteiger partial charge on any atom is 0.253 e. The first-order valence-electron chi connectivity index (χ1n) is 7.95. The molecule has 1 fully saturated rings. The second-order valence-corrected chi connectivity index (χ2v) is 7.02. The highest BCUT2D eigenvalue weighted by atomic mass is 79.9. The minimum Gasteiger partial charge on any atom is -0.367 e. The quantitative estimate of drug-likeness (QED) is 0.867. The maximum absolute atomic E-state index is 14.1. The van der Waals surface area contributed by atoms with Crippen molar-refractivity contribution in [3.63, 3.8) is 0 Å². The van der Waals surface area contributed by atoms with Gasteiger partial charge in [-0.05, 0) is 59.5 Å². The molecule has 0 aliphatic carbocycles. The van der Waals surface area contributed by atoms with E-state index in [4.69, 9.17) is 0 Å². The van der Waals surface area contributed by atoms with Crippen molar-refractivity contribution in [1.82, 2.24) is 10.3 Å². The summed E-state index contributed by atoms with van der Waals surface area (Å²) in [6.45, 7) is 3.35. The Kier molecular flexibility index (Phi) is 5.14. The molecule has 0 saturated carbocycles. The van der Waals surface area contributed by atoms with Crippen molar-refractivity contribution in [1.29, 1.82) is 0 Å². The molecule has 1 aliphatic heterocycles. The first-order valence-corrected chi connectivity index (χ1v) is 8.75. The first-order chi connectivity index (χ1) is 11.5. The van der Waals surface area contributed by atoms with Gasteiger partial charge < -0.3 is 10.2 Å². The van der Waals surface area contributed by atoms with Gasteiger partial charge in [0.15, 0.2) is 0 Å². The van der Waals surface area contributed by atoms with Gasteiger partial charge in [-0.15, -0.1) is 0 Å². The molecule has 1 N–H and O–H groups in total. The molecule has 1 unspecified atom stereocenters. The molecular weight excluding hydrogens is 373 g/mol. The summed E-state index contributed by atoms with van der Waals surface area (Å²) in [5, 5.41) is 3.03. The summed E-state index contributed by atoms with van der Waals surface area (Å²) >= 11 is 3.32. The number of nitrogens with zero attached hydrogens (tertiary/aromatic N) is 2. The lowest BCUT2D eigenvalue weighted by molar-refractivity contribution is 0.0932. The van der Waals surface area contributed by atoms with Crippen LogP contribution < -0.4 is 10.2 Å². The molecule has 126 valence electrons. The van der Waals surface area contributed by atoms with Crippen LogP contribution in [0, 0.1) is 12.7 Å². The normalized spacial score (nSPS) is 17.6. The van der Waals surface area contributed by atoms with E-state index in [1.165, 1.54) is 6.07 Å². The molecule has 3 rings (SSSR count). The number of amides is 1. The number of carbonyl (C=O) groups excluding carboxylic acids is 1. The predicted molar refractivity (Wildman–Crippen MR) is 95.8 cm³/mol. The van der Waals surface area contributed by atoms with Gasteiger partial charge in [0.05, 0.1) is 11.3 Å². The number of piperidine rings is 1. The highest BCUT2D eigenvalue weighted by Gasteiger charge is 2.24. The van der Waals surface area contributed by atoms with Crippen molar-refractivity contribution in [2.75, 3.05) is 18.0 Å². The van der Waals surface area contributed by atoms with E-state index in [1.54, 1.807) is 24.5 Å². The Morgan fingerprint density at radius 1 is 1.38 bits per heavy atom. The van der Waals surface area contributed by atoms with Crippen LogP contribution in [0.4, 0.5) is 10.1 Å². The smallest absolute Gasteiger partial charge is 0.253 e. The molecule has 4 nitrogen and oxygen atoms in total. The molecule has 24 heavy (non-hydrogen) atoms. The Bertz CT molecular complexity index is 753. The summed E-state index contributed by atoms with van der Waals surface area (Å²) < 4.78 is 14.9. The lowest BCUT2D eigenvalue weighted by Crippen LogP contribution is -2.48. The van der Waals surface area contributed by atoms with E-state index in [1.807, 2.05) is 17.9 Å². The largest absolute Gasteiger partial charge is 0.367 e. The zero-order valence-corrected chi connectivity index (χ0v) is 15.0. The average molecular weight is 392 g/mol. The molecule has 1 aromatic heterocycles. The Labute approximate surface area is 149 Å². The number of aromatic nitrogens is 1. The van der Waals surface area contributed by atoms with Crippen LogP contribution in [0.5, 0.6) is 0 Å². The van der Waals surface area contributed by atoms with Crippen molar-refractivity contribution < 1.29 is 9.18 Å². The van der Waals surface area contributed by atoms with Gasteiger partial charge >= 0.3 is 0 Å². The van der Waals surface area contributed by atoms with Crippen LogP contribution in [-0.4, -0.2) is 30.0 Å². The van der Waals surface area contributed by atoms with Crippen LogP contribution in [0.15, 0.2) is 41.1 Å². The van der Waals surface area contributed by atoms with Crippen LogP contribution in [0.2, 0.25) is 0 Å². The highest BCUT2D eigenvalue weighted by molar-refractivity contribution is 9.10. The SMILES string of the molecule is Cc1ccc(F)c(N2CCCC(NC(=O)c3cncc(Br)c3)C2)c1. The number of anilines is 1. The molecule has 1 aromatic carbocycles. The number of hydrogen-bond acceptors (Lipinski definition) is 3. The molecule has 6 heteroatoms. The van der Waals surface area contributed by atoms with Crippen molar-refractivity contribution in [2.24, 2.45) is 0 Å². The molecule has 0 bridgehead atoms. The Hall–Kier alpha value is -1.95. The van der Waals surface area contributed by atoms with Crippen LogP contribution in [0.25, 0.3) is 0 Å². The van der Waals surface area contributed by atoms with Crippen molar-refractivity contribution in [2.45, 2.75) is 25.8 Å². The third-order valence-electron chi connectivity index (χ3n) is 4.17. The second kappa shape index (κ2) is 7.30. The zero-order chi connectivity index (χ0) is 17.1. The minimum atomic E-state index is -0.219. The second-order valence-electron chi connectivity index (χ2n) is 6.11. The molecular formula is C18H19BrFN3O. The van der Waals surface area contributed by atoms with Crippen LogP contribution in [0.3, 0.4) is 0 Å². The third kappa shape index (κ3) is 3.93. The van der Waals surface area contributed by atoms with Gasteiger partial charge in [0.2, 0.25) is 0 Å². The maximum atomic E-state index is 14.1. The minimum absolute atomic E-state index is 0.00913. The van der Waals surface area contributed by atoms with Crippen molar-refractivity contribution >= 4 is 27.5 Å². The Balaban J connectivity index is 1.69. The van der Waals surface area contributed by atoms with E-state index < -0.39 is 0 Å². The summed E-state index contributed by atoms with van der Waals surface area (Å²) in [4.78, 5) is 18.4. The fourth-order valence-corrected chi connectivity index (χ4v) is 3.35. The van der Waals surface area contributed by atoms with E-state index in [-0.39, 0.29) is 17.8 Å². The molecule has 1 aliphatic rings. The molecule has 0 spiro atoms. The Morgan fingerprint density at radius 2 is 2.21 bits per heavy atom. The summed E-state index contributed by atoms with van der Waals surface area (Å²) in [7, 11) is 0. The zero-order valence-electron chi connectivity index (χ0n) is 13.4. The van der Waals surface area contributed by atoms with Crippen LogP contribution >= 0.6 is 15.9 Å². The van der Waals surface area contributed by atoms with Gasteiger partial charge in [-0.1, -0.05) is 6.07 Å². The summed E-state index contributed by atoms with van der Waals surface area (Å²) in [5.41, 5.74) is 2.15. The lowest BCUT2D eigenvalue weighted by atomic mass is 10.0. The summed E-state index contributed by atoms with van der Waals surface area (Å²) in [5.74, 6) is -0.371. The van der Waals surface area contributed by atoms with E-state index in [0.29, 0.717) is 17.8 Å². The highest BCUT2D eigenvalue weighted by Crippen LogP contribution is 2.24. The molecule has 1 saturated heterocycles. The van der Waals surface area contributed by atoms with Gasteiger partial charge in [-0.25, -0.2) is 4.39 Å². The number of benzene rings is 1. The molecule has 2 heterocycles. The number of carbonyl (C=O) groups is 1. The standard InChI is InChI=1S/C18H19BrFN3O/c1-12-4-5-16(20)17(7-12)23-6-2-3-15(11-23)22-18(24)13-8-14(19)10-21-9-13/h4-5,7-10,15H,2-3,6,11H2,1H3,(H,22,24). The predicted octanol–water partition coefficient (Wildman–Crippen LogP) is 3.69. The third-order valence-corrected chi connectivity index (χ3v) is 4.60. The topological polar surface area (TPSA) is 45.2 Å². The average Bonchev–Trinajstić information content (AvgIpc) is 2.57. The van der Waals surface area contributed by atoms with Gasteiger partial charge in [-0.2, -0.15) is 0 Å². The van der Waals surface area contributed by atoms with E-state index >= 15 is 0 Å². The first kappa shape index (κ1) is 16.9. The fraction of sp³-hybridized carbons (Fsp3) is 0.333. The lowest BCUT2D eigenvalue weighted by Gasteiger charge is -2.35. The fourth-order valence-electron chi connectivity index (χ4n) is 2.98. The molecule has 1 amide bonds. The number of aryl methyl sites for hydroxylation is 1. The number of pyridine rings is 1. The van der Waals surface area contributed by atoms with Gasteiger partial charge in [0, 0.05) is 36.0 Å². The monoisotopic (exact) mass is 391 g/mol. The van der Waals surface area contributed by atoms with Crippen molar-refractivity contribution in [3.8, 4) is 0 Å². The summed E-state index contributed by atoms with van der Waals surface area (Å²) in [6, 6.07) is 6.86. The van der Waals surface area contributed by atoms with Gasteiger partial charge in [0.1, 0.15) is 5.82 Å². The Morgan fingerprint density at radius 3 is 3.00 bits per heavy atom. The number of hydrogen-bond donors (Lipinski definition) is 1. The summed E-state index contributed by atoms with van der Waals surface area (Å²) in [6.07, 6.45) is 4.98. The number of nitrogens with one attached hydrogen (secondary N) is 1. The van der Waals surface area contributed by atoms with E-state index in [9.17, 15) is 9.18 Å². The van der Waals surface area contributed by atoms with Gasteiger partial charge in [0.25, 0.3) is 5.91 Å². The van der Waals surface area contributed by atoms with Crippen LogP contribution in [0.1, 0.15) is 28.8 Å². The van der Waals surface area contributed by atoms with E-state index in [2.05, 4.69) is 26.2 Å². The molecule has 2 aromatic rings. The number of halogens is 2. The van der Waals surface area contributed by atoms with Gasteiger partial charge in [-0.3, -0.25) is 9.78 Å². The number of rotatable bonds is 3. The molecule has 1 atom stereocenters. The van der Waals surface area contributed by atoms with Crippen LogP contribution in [-0.2, 0) is 0 Å². The van der Waals surface area contributed by atoms with E-state index in [0.717, 1.165) is 29.4 Å².